The van der Waals surface area contributed by atoms with Gasteiger partial charge in [-0.15, -0.1) is 0 Å². The Bertz CT molecular complexity index is 374. The maximum absolute atomic E-state index is 11.8. The van der Waals surface area contributed by atoms with E-state index in [0.29, 0.717) is 6.42 Å². The second kappa shape index (κ2) is 4.29. The van der Waals surface area contributed by atoms with Crippen LogP contribution in [0.4, 0.5) is 0 Å². The van der Waals surface area contributed by atoms with Crippen molar-refractivity contribution in [3.05, 3.63) is 10.8 Å². The molecule has 4 nitrogen and oxygen atoms in total. The first-order valence-electron chi connectivity index (χ1n) is 5.59. The van der Waals surface area contributed by atoms with Gasteiger partial charge in [-0.05, 0) is 12.5 Å². The molecule has 0 aromatic carbocycles. The highest BCUT2D eigenvalue weighted by atomic mass is 28.3. The summed E-state index contributed by atoms with van der Waals surface area (Å²) in [7, 11) is 1.09. The number of methoxy groups -OCH3 is 2. The molecule has 0 spiro atoms. The molecular formula is C12H20O4Si. The highest BCUT2D eigenvalue weighted by Gasteiger charge is 2.65. The third kappa shape index (κ3) is 2.16. The molecule has 1 fully saturated rings. The lowest BCUT2D eigenvalue weighted by Gasteiger charge is -2.18. The van der Waals surface area contributed by atoms with Crippen LogP contribution >= 0.6 is 0 Å². The van der Waals surface area contributed by atoms with Gasteiger partial charge in [0.2, 0.25) is 0 Å². The maximum atomic E-state index is 11.8. The van der Waals surface area contributed by atoms with E-state index in [1.165, 1.54) is 19.4 Å². The Balaban J connectivity index is 3.19. The quantitative estimate of drug-likeness (QED) is 0.440. The lowest BCUT2D eigenvalue weighted by Crippen LogP contribution is -2.30. The van der Waals surface area contributed by atoms with Gasteiger partial charge in [0.05, 0.1) is 22.3 Å². The molecular weight excluding hydrogens is 236 g/mol. The minimum Gasteiger partial charge on any atom is -0.468 e. The van der Waals surface area contributed by atoms with Gasteiger partial charge >= 0.3 is 11.9 Å². The first kappa shape index (κ1) is 14.0. The second-order valence-corrected chi connectivity index (χ2v) is 10.7. The van der Waals surface area contributed by atoms with Gasteiger partial charge < -0.3 is 9.47 Å². The van der Waals surface area contributed by atoms with E-state index in [1.807, 2.05) is 6.92 Å². The second-order valence-electron chi connectivity index (χ2n) is 5.42. The fourth-order valence-electron chi connectivity index (χ4n) is 1.95. The van der Waals surface area contributed by atoms with Crippen molar-refractivity contribution in [2.24, 2.45) is 5.41 Å². The summed E-state index contributed by atoms with van der Waals surface area (Å²) in [5.41, 5.74) is -0.246. The fraction of sp³-hybridized carbons (Fsp3) is 0.667. The SMILES string of the molecule is COC(=O)C1(C(=O)OC)C/C1=C(/C)[Si](C)(C)C. The average Bonchev–Trinajstić information content (AvgIpc) is 3.00. The Hall–Kier alpha value is -1.10. The number of rotatable bonds is 3. The molecule has 0 aliphatic heterocycles. The molecule has 0 amide bonds. The Labute approximate surface area is 103 Å². The molecule has 0 bridgehead atoms. The van der Waals surface area contributed by atoms with Gasteiger partial charge in [0.25, 0.3) is 0 Å². The maximum Gasteiger partial charge on any atom is 0.327 e. The molecule has 0 aromatic rings. The van der Waals surface area contributed by atoms with Crippen LogP contribution in [0.15, 0.2) is 10.8 Å². The number of ether oxygens (including phenoxy) is 2. The van der Waals surface area contributed by atoms with Crippen LogP contribution in [0.3, 0.4) is 0 Å². The monoisotopic (exact) mass is 256 g/mol. The molecule has 0 radical (unpaired) electrons. The van der Waals surface area contributed by atoms with Crippen LogP contribution in [-0.4, -0.2) is 34.2 Å². The summed E-state index contributed by atoms with van der Waals surface area (Å²) in [6, 6.07) is 0. The Morgan fingerprint density at radius 2 is 1.53 bits per heavy atom. The molecule has 1 rings (SSSR count). The predicted molar refractivity (Wildman–Crippen MR) is 67.1 cm³/mol. The summed E-state index contributed by atoms with van der Waals surface area (Å²) >= 11 is 0. The van der Waals surface area contributed by atoms with Gasteiger partial charge in [0, 0.05) is 6.42 Å². The van der Waals surface area contributed by atoms with E-state index in [-0.39, 0.29) is 0 Å². The highest BCUT2D eigenvalue weighted by Crippen LogP contribution is 2.56. The van der Waals surface area contributed by atoms with Crippen molar-refractivity contribution < 1.29 is 19.1 Å². The zero-order valence-corrected chi connectivity index (χ0v) is 12.3. The summed E-state index contributed by atoms with van der Waals surface area (Å²) in [6.45, 7) is 8.57. The number of carbonyl (C=O) groups is 2. The van der Waals surface area contributed by atoms with E-state index in [9.17, 15) is 9.59 Å². The zero-order chi connectivity index (χ0) is 13.4. The van der Waals surface area contributed by atoms with Crippen LogP contribution in [0.2, 0.25) is 19.6 Å². The molecule has 0 aromatic heterocycles. The average molecular weight is 256 g/mol. The topological polar surface area (TPSA) is 52.6 Å². The van der Waals surface area contributed by atoms with Gasteiger partial charge in [0.15, 0.2) is 5.41 Å². The Morgan fingerprint density at radius 3 is 1.82 bits per heavy atom. The highest BCUT2D eigenvalue weighted by molar-refractivity contribution is 6.83. The molecule has 0 unspecified atom stereocenters. The molecule has 1 saturated carbocycles. The van der Waals surface area contributed by atoms with E-state index in [4.69, 9.17) is 9.47 Å². The van der Waals surface area contributed by atoms with Crippen molar-refractivity contribution in [2.45, 2.75) is 33.0 Å². The van der Waals surface area contributed by atoms with Crippen LogP contribution in [0.1, 0.15) is 13.3 Å². The summed E-state index contributed by atoms with van der Waals surface area (Å²) in [6.07, 6.45) is 0.447. The van der Waals surface area contributed by atoms with Crippen LogP contribution in [0.5, 0.6) is 0 Å². The van der Waals surface area contributed by atoms with Crippen molar-refractivity contribution >= 4 is 20.0 Å². The van der Waals surface area contributed by atoms with Gasteiger partial charge in [-0.3, -0.25) is 9.59 Å². The fourth-order valence-corrected chi connectivity index (χ4v) is 3.16. The van der Waals surface area contributed by atoms with Gasteiger partial charge in [-0.1, -0.05) is 24.8 Å². The molecule has 96 valence electrons. The smallest absolute Gasteiger partial charge is 0.327 e. The first-order chi connectivity index (χ1) is 7.71. The molecule has 0 atom stereocenters. The molecule has 0 N–H and O–H groups in total. The number of esters is 2. The Morgan fingerprint density at radius 1 is 1.12 bits per heavy atom. The molecule has 1 aliphatic carbocycles. The summed E-state index contributed by atoms with van der Waals surface area (Å²) in [4.78, 5) is 23.6. The molecule has 17 heavy (non-hydrogen) atoms. The van der Waals surface area contributed by atoms with Crippen molar-refractivity contribution in [2.75, 3.05) is 14.2 Å². The van der Waals surface area contributed by atoms with Gasteiger partial charge in [0.1, 0.15) is 0 Å². The third-order valence-corrected chi connectivity index (χ3v) is 6.03. The third-order valence-electron chi connectivity index (χ3n) is 3.48. The lowest BCUT2D eigenvalue weighted by atomic mass is 10.1. The first-order valence-corrected chi connectivity index (χ1v) is 9.09. The molecule has 5 heteroatoms. The van der Waals surface area contributed by atoms with Crippen molar-refractivity contribution in [1.29, 1.82) is 0 Å². The number of hydrogen-bond acceptors (Lipinski definition) is 4. The number of allylic oxidation sites excluding steroid dienone is 1. The van der Waals surface area contributed by atoms with E-state index < -0.39 is 25.4 Å². The minimum absolute atomic E-state index is 0.447. The molecule has 1 aliphatic rings. The largest absolute Gasteiger partial charge is 0.468 e. The number of hydrogen-bond donors (Lipinski definition) is 0. The predicted octanol–water partition coefficient (Wildman–Crippen LogP) is 1.92. The summed E-state index contributed by atoms with van der Waals surface area (Å²) < 4.78 is 9.47. The number of carbonyl (C=O) groups excluding carboxylic acids is 2. The minimum atomic E-state index is -1.50. The van der Waals surface area contributed by atoms with Crippen LogP contribution < -0.4 is 0 Å². The standard InChI is InChI=1S/C12H20O4Si/c1-8(17(4,5)6)9-7-12(9,10(13)15-2)11(14)16-3/h7H2,1-6H3/b9-8+. The molecule has 0 heterocycles. The van der Waals surface area contributed by atoms with Crippen LogP contribution in [-0.2, 0) is 19.1 Å². The van der Waals surface area contributed by atoms with E-state index in [1.54, 1.807) is 0 Å². The van der Waals surface area contributed by atoms with E-state index in [0.717, 1.165) is 5.57 Å². The summed E-state index contributed by atoms with van der Waals surface area (Å²) in [5, 5.41) is 1.19. The van der Waals surface area contributed by atoms with E-state index >= 15 is 0 Å². The van der Waals surface area contributed by atoms with Crippen molar-refractivity contribution in [3.63, 3.8) is 0 Å². The summed E-state index contributed by atoms with van der Waals surface area (Å²) in [5.74, 6) is -1.01. The van der Waals surface area contributed by atoms with Gasteiger partial charge in [-0.2, -0.15) is 0 Å². The zero-order valence-electron chi connectivity index (χ0n) is 11.3. The van der Waals surface area contributed by atoms with Gasteiger partial charge in [-0.25, -0.2) is 0 Å². The van der Waals surface area contributed by atoms with Crippen molar-refractivity contribution in [3.8, 4) is 0 Å². The van der Waals surface area contributed by atoms with Crippen LogP contribution in [0.25, 0.3) is 0 Å². The molecule has 0 saturated heterocycles. The van der Waals surface area contributed by atoms with E-state index in [2.05, 4.69) is 19.6 Å². The van der Waals surface area contributed by atoms with Crippen LogP contribution in [0, 0.1) is 5.41 Å². The normalized spacial score (nSPS) is 20.6. The lowest BCUT2D eigenvalue weighted by molar-refractivity contribution is -0.160. The Kier molecular flexibility index (Phi) is 3.52. The van der Waals surface area contributed by atoms with Crippen molar-refractivity contribution in [1.82, 2.24) is 0 Å².